The molecule has 2 heterocycles. The first-order chi connectivity index (χ1) is 12.2. The second kappa shape index (κ2) is 7.96. The molecule has 0 unspecified atom stereocenters. The van der Waals surface area contributed by atoms with E-state index in [1.54, 1.807) is 13.0 Å². The Labute approximate surface area is 148 Å². The molecule has 0 saturated carbocycles. The summed E-state index contributed by atoms with van der Waals surface area (Å²) in [7, 11) is 0. The van der Waals surface area contributed by atoms with Gasteiger partial charge in [0.05, 0.1) is 0 Å². The number of aromatic nitrogens is 2. The molecule has 0 radical (unpaired) electrons. The zero-order chi connectivity index (χ0) is 17.6. The highest BCUT2D eigenvalue weighted by Gasteiger charge is 2.13. The van der Waals surface area contributed by atoms with Gasteiger partial charge in [-0.15, -0.1) is 0 Å². The van der Waals surface area contributed by atoms with Crippen molar-refractivity contribution in [1.29, 1.82) is 0 Å². The molecule has 0 spiro atoms. The fraction of sp³-hybridized carbons (Fsp3) is 0.421. The van der Waals surface area contributed by atoms with E-state index in [0.29, 0.717) is 17.3 Å². The molecule has 1 aromatic heterocycles. The summed E-state index contributed by atoms with van der Waals surface area (Å²) in [6.45, 7) is 6.91. The Balaban J connectivity index is 1.68. The molecule has 1 fully saturated rings. The van der Waals surface area contributed by atoms with Crippen molar-refractivity contribution in [3.05, 3.63) is 41.9 Å². The van der Waals surface area contributed by atoms with Crippen LogP contribution in [0.2, 0.25) is 0 Å². The molecule has 0 atom stereocenters. The number of nitrogens with one attached hydrogen (secondary N) is 2. The van der Waals surface area contributed by atoms with Crippen LogP contribution in [0.3, 0.4) is 0 Å². The van der Waals surface area contributed by atoms with Gasteiger partial charge in [-0.25, -0.2) is 9.97 Å². The van der Waals surface area contributed by atoms with Gasteiger partial charge in [-0.1, -0.05) is 6.92 Å². The number of amides is 1. The highest BCUT2D eigenvalue weighted by molar-refractivity contribution is 6.03. The molecule has 6 nitrogen and oxygen atoms in total. The SMILES string of the molecule is CCCNc1cc(C(=O)Nc2ccc(N3CCCC3)cc2)nc(C)n1. The normalized spacial score (nSPS) is 13.8. The molecular weight excluding hydrogens is 314 g/mol. The van der Waals surface area contributed by atoms with Crippen LogP contribution in [0, 0.1) is 6.92 Å². The quantitative estimate of drug-likeness (QED) is 0.843. The van der Waals surface area contributed by atoms with E-state index in [1.807, 2.05) is 12.1 Å². The van der Waals surface area contributed by atoms with Crippen molar-refractivity contribution in [2.24, 2.45) is 0 Å². The molecule has 25 heavy (non-hydrogen) atoms. The van der Waals surface area contributed by atoms with Gasteiger partial charge in [0.1, 0.15) is 17.3 Å². The Kier molecular flexibility index (Phi) is 5.48. The predicted octanol–water partition coefficient (Wildman–Crippen LogP) is 3.46. The molecule has 132 valence electrons. The largest absolute Gasteiger partial charge is 0.372 e. The first-order valence-electron chi connectivity index (χ1n) is 8.91. The summed E-state index contributed by atoms with van der Waals surface area (Å²) >= 11 is 0. The first kappa shape index (κ1) is 17.2. The predicted molar refractivity (Wildman–Crippen MR) is 101 cm³/mol. The van der Waals surface area contributed by atoms with Crippen molar-refractivity contribution in [3.8, 4) is 0 Å². The van der Waals surface area contributed by atoms with Gasteiger partial charge in [0.2, 0.25) is 0 Å². The average Bonchev–Trinajstić information content (AvgIpc) is 3.15. The van der Waals surface area contributed by atoms with Crippen LogP contribution in [0.5, 0.6) is 0 Å². The van der Waals surface area contributed by atoms with Crippen LogP contribution in [0.15, 0.2) is 30.3 Å². The van der Waals surface area contributed by atoms with Crippen LogP contribution in [-0.4, -0.2) is 35.5 Å². The minimum atomic E-state index is -0.223. The Bertz CT molecular complexity index is 723. The van der Waals surface area contributed by atoms with E-state index >= 15 is 0 Å². The molecule has 0 bridgehead atoms. The lowest BCUT2D eigenvalue weighted by atomic mass is 10.2. The van der Waals surface area contributed by atoms with Crippen molar-refractivity contribution in [1.82, 2.24) is 9.97 Å². The summed E-state index contributed by atoms with van der Waals surface area (Å²) in [5.41, 5.74) is 2.35. The molecular formula is C19H25N5O. The molecule has 1 aliphatic heterocycles. The number of benzene rings is 1. The fourth-order valence-electron chi connectivity index (χ4n) is 2.95. The highest BCUT2D eigenvalue weighted by Crippen LogP contribution is 2.22. The lowest BCUT2D eigenvalue weighted by Crippen LogP contribution is -2.18. The number of rotatable bonds is 6. The maximum Gasteiger partial charge on any atom is 0.274 e. The summed E-state index contributed by atoms with van der Waals surface area (Å²) < 4.78 is 0. The number of carbonyl (C=O) groups excluding carboxylic acids is 1. The number of hydrogen-bond donors (Lipinski definition) is 2. The molecule has 1 aliphatic rings. The zero-order valence-corrected chi connectivity index (χ0v) is 14.9. The Morgan fingerprint density at radius 2 is 1.88 bits per heavy atom. The lowest BCUT2D eigenvalue weighted by molar-refractivity contribution is 0.102. The molecule has 1 amide bonds. The molecule has 3 rings (SSSR count). The summed E-state index contributed by atoms with van der Waals surface area (Å²) in [6, 6.07) is 9.68. The summed E-state index contributed by atoms with van der Waals surface area (Å²) in [5.74, 6) is 1.04. The van der Waals surface area contributed by atoms with E-state index in [2.05, 4.69) is 44.6 Å². The summed E-state index contributed by atoms with van der Waals surface area (Å²) in [5, 5.41) is 6.11. The van der Waals surface area contributed by atoms with Crippen LogP contribution in [0.1, 0.15) is 42.5 Å². The second-order valence-electron chi connectivity index (χ2n) is 6.31. The van der Waals surface area contributed by atoms with E-state index in [0.717, 1.165) is 31.7 Å². The van der Waals surface area contributed by atoms with Crippen molar-refractivity contribution < 1.29 is 4.79 Å². The lowest BCUT2D eigenvalue weighted by Gasteiger charge is -2.17. The van der Waals surface area contributed by atoms with Gasteiger partial charge >= 0.3 is 0 Å². The third kappa shape index (κ3) is 4.47. The monoisotopic (exact) mass is 339 g/mol. The van der Waals surface area contributed by atoms with E-state index in [1.165, 1.54) is 18.5 Å². The van der Waals surface area contributed by atoms with E-state index < -0.39 is 0 Å². The van der Waals surface area contributed by atoms with Gasteiger partial charge in [-0.05, 0) is 50.5 Å². The molecule has 2 aromatic rings. The van der Waals surface area contributed by atoms with Crippen molar-refractivity contribution >= 4 is 23.1 Å². The fourth-order valence-corrected chi connectivity index (χ4v) is 2.95. The van der Waals surface area contributed by atoms with Crippen LogP contribution in [0.25, 0.3) is 0 Å². The molecule has 6 heteroatoms. The number of anilines is 3. The molecule has 2 N–H and O–H groups in total. The molecule has 1 aromatic carbocycles. The minimum Gasteiger partial charge on any atom is -0.372 e. The Morgan fingerprint density at radius 3 is 2.56 bits per heavy atom. The van der Waals surface area contributed by atoms with Crippen molar-refractivity contribution in [2.45, 2.75) is 33.1 Å². The third-order valence-corrected chi connectivity index (χ3v) is 4.22. The van der Waals surface area contributed by atoms with E-state index in [-0.39, 0.29) is 5.91 Å². The molecule has 1 saturated heterocycles. The van der Waals surface area contributed by atoms with Gasteiger partial charge in [0.25, 0.3) is 5.91 Å². The highest BCUT2D eigenvalue weighted by atomic mass is 16.1. The molecule has 0 aliphatic carbocycles. The standard InChI is InChI=1S/C19H25N5O/c1-3-10-20-18-13-17(21-14(2)22-18)19(25)23-15-6-8-16(9-7-15)24-11-4-5-12-24/h6-9,13H,3-5,10-12H2,1-2H3,(H,23,25)(H,20,21,22). The van der Waals surface area contributed by atoms with Crippen LogP contribution in [-0.2, 0) is 0 Å². The number of carbonyl (C=O) groups is 1. The second-order valence-corrected chi connectivity index (χ2v) is 6.31. The van der Waals surface area contributed by atoms with Gasteiger partial charge in [0.15, 0.2) is 0 Å². The van der Waals surface area contributed by atoms with Crippen LogP contribution in [0.4, 0.5) is 17.2 Å². The smallest absolute Gasteiger partial charge is 0.274 e. The van der Waals surface area contributed by atoms with Crippen LogP contribution < -0.4 is 15.5 Å². The number of nitrogens with zero attached hydrogens (tertiary/aromatic N) is 3. The van der Waals surface area contributed by atoms with E-state index in [4.69, 9.17) is 0 Å². The summed E-state index contributed by atoms with van der Waals surface area (Å²) in [6.07, 6.45) is 3.49. The van der Waals surface area contributed by atoms with Gasteiger partial charge in [0, 0.05) is 37.1 Å². The minimum absolute atomic E-state index is 0.223. The van der Waals surface area contributed by atoms with Gasteiger partial charge in [-0.2, -0.15) is 0 Å². The first-order valence-corrected chi connectivity index (χ1v) is 8.91. The van der Waals surface area contributed by atoms with Crippen molar-refractivity contribution in [3.63, 3.8) is 0 Å². The third-order valence-electron chi connectivity index (χ3n) is 4.22. The van der Waals surface area contributed by atoms with Gasteiger partial charge < -0.3 is 15.5 Å². The Morgan fingerprint density at radius 1 is 1.16 bits per heavy atom. The van der Waals surface area contributed by atoms with Crippen molar-refractivity contribution in [2.75, 3.05) is 35.2 Å². The topological polar surface area (TPSA) is 70.2 Å². The zero-order valence-electron chi connectivity index (χ0n) is 14.9. The summed E-state index contributed by atoms with van der Waals surface area (Å²) in [4.78, 5) is 23.4. The average molecular weight is 339 g/mol. The van der Waals surface area contributed by atoms with E-state index in [9.17, 15) is 4.79 Å². The number of aryl methyl sites for hydroxylation is 1. The Hall–Kier alpha value is -2.63. The van der Waals surface area contributed by atoms with Gasteiger partial charge in [-0.3, -0.25) is 4.79 Å². The van der Waals surface area contributed by atoms with Crippen LogP contribution >= 0.6 is 0 Å². The maximum absolute atomic E-state index is 12.5. The maximum atomic E-state index is 12.5. The number of hydrogen-bond acceptors (Lipinski definition) is 5.